The van der Waals surface area contributed by atoms with Crippen molar-refractivity contribution in [3.8, 4) is 0 Å². The van der Waals surface area contributed by atoms with Crippen LogP contribution in [0.25, 0.3) is 0 Å². The van der Waals surface area contributed by atoms with E-state index in [1.165, 1.54) is 0 Å². The molecule has 0 saturated carbocycles. The van der Waals surface area contributed by atoms with Crippen LogP contribution in [0.4, 0.5) is 0 Å². The minimum absolute atomic E-state index is 0.320. The predicted molar refractivity (Wildman–Crippen MR) is 70.9 cm³/mol. The van der Waals surface area contributed by atoms with E-state index in [-0.39, 0.29) is 0 Å². The summed E-state index contributed by atoms with van der Waals surface area (Å²) in [6.07, 6.45) is 1.79. The van der Waals surface area contributed by atoms with Crippen LogP contribution in [0.5, 0.6) is 0 Å². The Kier molecular flexibility index (Phi) is 3.30. The third kappa shape index (κ3) is 2.08. The van der Waals surface area contributed by atoms with Crippen molar-refractivity contribution in [1.82, 2.24) is 14.3 Å². The Morgan fingerprint density at radius 1 is 1.50 bits per heavy atom. The van der Waals surface area contributed by atoms with Crippen LogP contribution in [0.2, 0.25) is 0 Å². The van der Waals surface area contributed by atoms with E-state index in [0.717, 1.165) is 21.4 Å². The van der Waals surface area contributed by atoms with E-state index >= 15 is 0 Å². The Bertz CT molecular complexity index is 613. The first-order valence-electron chi connectivity index (χ1n) is 5.48. The first-order chi connectivity index (χ1) is 8.41. The van der Waals surface area contributed by atoms with Crippen LogP contribution in [0.15, 0.2) is 16.7 Å². The number of aromatic carboxylic acids is 1. The Hall–Kier alpha value is -1.56. The SMILES string of the molecule is Cc1ccn(Cc2c(Br)c(C)nn2C)c1C(=O)O. The van der Waals surface area contributed by atoms with Gasteiger partial charge in [0, 0.05) is 13.2 Å². The van der Waals surface area contributed by atoms with E-state index in [4.69, 9.17) is 0 Å². The molecule has 0 aliphatic rings. The summed E-state index contributed by atoms with van der Waals surface area (Å²) in [6, 6.07) is 1.81. The second-order valence-electron chi connectivity index (χ2n) is 4.25. The van der Waals surface area contributed by atoms with Crippen molar-refractivity contribution < 1.29 is 9.90 Å². The summed E-state index contributed by atoms with van der Waals surface area (Å²) in [4.78, 5) is 11.2. The molecule has 2 rings (SSSR count). The number of rotatable bonds is 3. The lowest BCUT2D eigenvalue weighted by molar-refractivity contribution is 0.0685. The molecule has 0 amide bonds. The van der Waals surface area contributed by atoms with E-state index in [1.807, 2.05) is 14.0 Å². The van der Waals surface area contributed by atoms with Gasteiger partial charge in [-0.1, -0.05) is 0 Å². The molecule has 0 aliphatic carbocycles. The number of carboxylic acids is 1. The first kappa shape index (κ1) is 12.9. The molecule has 1 N–H and O–H groups in total. The van der Waals surface area contributed by atoms with Gasteiger partial charge < -0.3 is 9.67 Å². The molecule has 2 aromatic rings. The third-order valence-electron chi connectivity index (χ3n) is 2.95. The van der Waals surface area contributed by atoms with Crippen LogP contribution in [0.1, 0.15) is 27.4 Å². The summed E-state index contributed by atoms with van der Waals surface area (Å²) >= 11 is 3.48. The summed E-state index contributed by atoms with van der Waals surface area (Å²) in [5.41, 5.74) is 2.93. The fraction of sp³-hybridized carbons (Fsp3) is 0.333. The molecular formula is C12H14BrN3O2. The molecule has 0 unspecified atom stereocenters. The fourth-order valence-corrected chi connectivity index (χ4v) is 2.48. The predicted octanol–water partition coefficient (Wildman–Crippen LogP) is 2.35. The quantitative estimate of drug-likeness (QED) is 0.946. The highest BCUT2D eigenvalue weighted by Gasteiger charge is 2.17. The third-order valence-corrected chi connectivity index (χ3v) is 3.98. The maximum atomic E-state index is 11.2. The maximum absolute atomic E-state index is 11.2. The Balaban J connectivity index is 2.43. The molecule has 0 bridgehead atoms. The average Bonchev–Trinajstić information content (AvgIpc) is 2.75. The molecule has 6 heteroatoms. The highest BCUT2D eigenvalue weighted by Crippen LogP contribution is 2.22. The van der Waals surface area contributed by atoms with Crippen molar-refractivity contribution in [1.29, 1.82) is 0 Å². The van der Waals surface area contributed by atoms with E-state index < -0.39 is 5.97 Å². The summed E-state index contributed by atoms with van der Waals surface area (Å²) in [7, 11) is 1.85. The fourth-order valence-electron chi connectivity index (χ4n) is 2.02. The molecule has 2 heterocycles. The van der Waals surface area contributed by atoms with Gasteiger partial charge in [-0.05, 0) is 41.4 Å². The largest absolute Gasteiger partial charge is 0.477 e. The number of hydrogen-bond acceptors (Lipinski definition) is 2. The van der Waals surface area contributed by atoms with Gasteiger partial charge in [-0.15, -0.1) is 0 Å². The summed E-state index contributed by atoms with van der Waals surface area (Å²) in [5.74, 6) is -0.910. The molecule has 18 heavy (non-hydrogen) atoms. The zero-order valence-corrected chi connectivity index (χ0v) is 12.0. The lowest BCUT2D eigenvalue weighted by atomic mass is 10.2. The van der Waals surface area contributed by atoms with Gasteiger partial charge in [0.05, 0.1) is 22.4 Å². The zero-order valence-electron chi connectivity index (χ0n) is 10.4. The van der Waals surface area contributed by atoms with Gasteiger partial charge in [0.15, 0.2) is 0 Å². The van der Waals surface area contributed by atoms with Crippen LogP contribution in [-0.2, 0) is 13.6 Å². The Labute approximate surface area is 113 Å². The van der Waals surface area contributed by atoms with E-state index in [9.17, 15) is 9.90 Å². The van der Waals surface area contributed by atoms with Gasteiger partial charge >= 0.3 is 5.97 Å². The van der Waals surface area contributed by atoms with Gasteiger partial charge in [0.1, 0.15) is 5.69 Å². The summed E-state index contributed by atoms with van der Waals surface area (Å²) in [6.45, 7) is 4.18. The zero-order chi connectivity index (χ0) is 13.4. The van der Waals surface area contributed by atoms with Crippen molar-refractivity contribution in [2.24, 2.45) is 7.05 Å². The number of hydrogen-bond donors (Lipinski definition) is 1. The highest BCUT2D eigenvalue weighted by molar-refractivity contribution is 9.10. The minimum atomic E-state index is -0.910. The standard InChI is InChI=1S/C12H14BrN3O2/c1-7-4-5-16(11(7)12(17)18)6-9-10(13)8(2)14-15(9)3/h4-5H,6H2,1-3H3,(H,17,18). The molecule has 0 aliphatic heterocycles. The van der Waals surface area contributed by atoms with Crippen LogP contribution < -0.4 is 0 Å². The number of nitrogens with zero attached hydrogens (tertiary/aromatic N) is 3. The minimum Gasteiger partial charge on any atom is -0.477 e. The van der Waals surface area contributed by atoms with Crippen molar-refractivity contribution in [2.45, 2.75) is 20.4 Å². The number of halogens is 1. The van der Waals surface area contributed by atoms with Crippen molar-refractivity contribution in [2.75, 3.05) is 0 Å². The van der Waals surface area contributed by atoms with Gasteiger partial charge in [-0.25, -0.2) is 4.79 Å². The second-order valence-corrected chi connectivity index (χ2v) is 5.04. The van der Waals surface area contributed by atoms with Crippen LogP contribution >= 0.6 is 15.9 Å². The second kappa shape index (κ2) is 4.61. The van der Waals surface area contributed by atoms with E-state index in [1.54, 1.807) is 28.4 Å². The van der Waals surface area contributed by atoms with E-state index in [2.05, 4.69) is 21.0 Å². The Morgan fingerprint density at radius 3 is 2.67 bits per heavy atom. The number of carboxylic acid groups (broad SMARTS) is 1. The molecule has 0 fully saturated rings. The van der Waals surface area contributed by atoms with Gasteiger partial charge in [-0.2, -0.15) is 5.10 Å². The molecule has 0 spiro atoms. The first-order valence-corrected chi connectivity index (χ1v) is 6.28. The lowest BCUT2D eigenvalue weighted by Gasteiger charge is -2.08. The monoisotopic (exact) mass is 311 g/mol. The molecule has 96 valence electrons. The lowest BCUT2D eigenvalue weighted by Crippen LogP contribution is -2.12. The molecular weight excluding hydrogens is 298 g/mol. The maximum Gasteiger partial charge on any atom is 0.352 e. The molecule has 5 nitrogen and oxygen atoms in total. The van der Waals surface area contributed by atoms with Crippen LogP contribution in [0, 0.1) is 13.8 Å². The number of aryl methyl sites for hydroxylation is 3. The molecule has 2 aromatic heterocycles. The van der Waals surface area contributed by atoms with Gasteiger partial charge in [0.2, 0.25) is 0 Å². The van der Waals surface area contributed by atoms with Gasteiger partial charge in [-0.3, -0.25) is 4.68 Å². The van der Waals surface area contributed by atoms with Crippen molar-refractivity contribution >= 4 is 21.9 Å². The Morgan fingerprint density at radius 2 is 2.17 bits per heavy atom. The topological polar surface area (TPSA) is 60.0 Å². The molecule has 0 atom stereocenters. The molecule has 0 saturated heterocycles. The summed E-state index contributed by atoms with van der Waals surface area (Å²) in [5, 5.41) is 13.5. The molecule has 0 radical (unpaired) electrons. The van der Waals surface area contributed by atoms with Crippen LogP contribution in [0.3, 0.4) is 0 Å². The van der Waals surface area contributed by atoms with Crippen LogP contribution in [-0.4, -0.2) is 25.4 Å². The summed E-state index contributed by atoms with van der Waals surface area (Å²) < 4.78 is 4.41. The molecule has 0 aromatic carbocycles. The van der Waals surface area contributed by atoms with Crippen molar-refractivity contribution in [3.05, 3.63) is 39.4 Å². The average molecular weight is 312 g/mol. The highest BCUT2D eigenvalue weighted by atomic mass is 79.9. The van der Waals surface area contributed by atoms with Crippen molar-refractivity contribution in [3.63, 3.8) is 0 Å². The number of carbonyl (C=O) groups is 1. The normalized spacial score (nSPS) is 10.9. The number of aromatic nitrogens is 3. The van der Waals surface area contributed by atoms with Gasteiger partial charge in [0.25, 0.3) is 0 Å². The smallest absolute Gasteiger partial charge is 0.352 e. The van der Waals surface area contributed by atoms with E-state index in [0.29, 0.717) is 12.2 Å².